The smallest absolute Gasteiger partial charge is 0.379 e. The third-order valence-electron chi connectivity index (χ3n) is 11.1. The van der Waals surface area contributed by atoms with Gasteiger partial charge in [-0.15, -0.1) is 11.8 Å². The fraction of sp³-hybridized carbons (Fsp3) is 0.217. The van der Waals surface area contributed by atoms with Crippen LogP contribution >= 0.6 is 11.8 Å². The van der Waals surface area contributed by atoms with Gasteiger partial charge in [0.15, 0.2) is 0 Å². The number of hydrogen-bond acceptors (Lipinski definition) is 11. The Hall–Kier alpha value is -6.43. The van der Waals surface area contributed by atoms with Gasteiger partial charge in [-0.25, -0.2) is 4.79 Å². The van der Waals surface area contributed by atoms with Crippen molar-refractivity contribution >= 4 is 61.5 Å². The van der Waals surface area contributed by atoms with E-state index in [9.17, 15) is 41.3 Å². The summed E-state index contributed by atoms with van der Waals surface area (Å²) in [7, 11) is -5.45. The van der Waals surface area contributed by atoms with E-state index in [-0.39, 0.29) is 23.8 Å². The molecule has 2 aliphatic rings. The number of hydroxylamine groups is 1. The third kappa shape index (κ3) is 9.35. The van der Waals surface area contributed by atoms with Crippen LogP contribution in [0.2, 0.25) is 0 Å². The minimum Gasteiger partial charge on any atom is -0.379 e. The van der Waals surface area contributed by atoms with Crippen LogP contribution in [-0.4, -0.2) is 78.7 Å². The number of halogens is 3. The molecule has 0 radical (unpaired) electrons. The molecule has 0 aliphatic carbocycles. The number of anilines is 2. The lowest BCUT2D eigenvalue weighted by molar-refractivity contribution is -0.384. The zero-order valence-electron chi connectivity index (χ0n) is 33.5. The number of alkyl halides is 3. The Morgan fingerprint density at radius 3 is 2.40 bits per heavy atom. The van der Waals surface area contributed by atoms with Crippen molar-refractivity contribution in [3.8, 4) is 11.1 Å². The van der Waals surface area contributed by atoms with Gasteiger partial charge in [0.2, 0.25) is 0 Å². The van der Waals surface area contributed by atoms with Gasteiger partial charge in [0.05, 0.1) is 9.82 Å². The lowest BCUT2D eigenvalue weighted by Crippen LogP contribution is -2.54. The quantitative estimate of drug-likeness (QED) is 0.0544. The summed E-state index contributed by atoms with van der Waals surface area (Å²) in [5, 5.41) is 17.3. The van der Waals surface area contributed by atoms with E-state index in [0.717, 1.165) is 52.3 Å². The molecule has 0 aromatic heterocycles. The van der Waals surface area contributed by atoms with Crippen molar-refractivity contribution < 1.29 is 40.9 Å². The molecule has 0 spiro atoms. The van der Waals surface area contributed by atoms with Crippen LogP contribution in [0.25, 0.3) is 21.9 Å². The summed E-state index contributed by atoms with van der Waals surface area (Å²) < 4.78 is 67.7. The molecule has 6 aromatic rings. The highest BCUT2D eigenvalue weighted by atomic mass is 32.2. The maximum Gasteiger partial charge on any atom is 0.493 e. The molecule has 324 valence electrons. The summed E-state index contributed by atoms with van der Waals surface area (Å²) in [5.41, 5.74) is 3.81. The van der Waals surface area contributed by atoms with E-state index in [1.54, 1.807) is 6.07 Å². The second kappa shape index (κ2) is 18.1. The van der Waals surface area contributed by atoms with Gasteiger partial charge in [-0.1, -0.05) is 84.9 Å². The standard InChI is InChI=1S/C46H40F3N5O7S2/c47-46(48,49)45(56)61-54(63(59,60)37-20-21-41(43(28-37)53(57)58)50-23-26-62-36-12-2-1-3-13-36)44(55)33-18-22-42-32(27-33)17-19-35-30-51(24-25-52(35)42)29-34-10-5-7-15-39(34)40-16-8-11-31-9-4-6-14-38(31)40/h1-16,18,20-22,27-28,35,50H,17,19,23-26,29-30H2/t35-/m1/s1. The fourth-order valence-electron chi connectivity index (χ4n) is 8.14. The van der Waals surface area contributed by atoms with Crippen LogP contribution in [0.3, 0.4) is 0 Å². The largest absolute Gasteiger partial charge is 0.493 e. The number of sulfonamides is 1. The van der Waals surface area contributed by atoms with E-state index in [0.29, 0.717) is 43.3 Å². The molecular weight excluding hydrogens is 856 g/mol. The van der Waals surface area contributed by atoms with Gasteiger partial charge in [0, 0.05) is 66.7 Å². The Balaban J connectivity index is 0.994. The second-order valence-corrected chi connectivity index (χ2v) is 18.0. The van der Waals surface area contributed by atoms with E-state index in [1.165, 1.54) is 34.8 Å². The van der Waals surface area contributed by atoms with Gasteiger partial charge in [0.25, 0.3) is 15.7 Å². The molecule has 0 unspecified atom stereocenters. The van der Waals surface area contributed by atoms with Crippen molar-refractivity contribution in [3.63, 3.8) is 0 Å². The monoisotopic (exact) mass is 895 g/mol. The molecule has 63 heavy (non-hydrogen) atoms. The van der Waals surface area contributed by atoms with E-state index < -0.39 is 48.1 Å². The Morgan fingerprint density at radius 2 is 1.60 bits per heavy atom. The normalized spacial score (nSPS) is 15.3. The molecule has 0 saturated carbocycles. The molecule has 1 fully saturated rings. The van der Waals surface area contributed by atoms with E-state index >= 15 is 0 Å². The summed E-state index contributed by atoms with van der Waals surface area (Å²) in [6.45, 7) is 3.06. The second-order valence-electron chi connectivity index (χ2n) is 15.1. The molecule has 6 aromatic carbocycles. The van der Waals surface area contributed by atoms with Crippen LogP contribution in [0, 0.1) is 10.1 Å². The van der Waals surface area contributed by atoms with Gasteiger partial charge >= 0.3 is 18.1 Å². The van der Waals surface area contributed by atoms with Gasteiger partial charge in [-0.3, -0.25) is 19.8 Å². The molecule has 2 aliphatic heterocycles. The summed E-state index contributed by atoms with van der Waals surface area (Å²) in [6, 6.07) is 39.2. The number of nitrogens with zero attached hydrogens (tertiary/aromatic N) is 4. The van der Waals surface area contributed by atoms with E-state index in [1.807, 2.05) is 54.6 Å². The molecule has 0 bridgehead atoms. The zero-order chi connectivity index (χ0) is 44.3. The summed E-state index contributed by atoms with van der Waals surface area (Å²) >= 11 is 1.47. The molecule has 1 amide bonds. The first-order chi connectivity index (χ1) is 30.3. The lowest BCUT2D eigenvalue weighted by Gasteiger charge is -2.46. The number of thioether (sulfide) groups is 1. The Bertz CT molecular complexity index is 2810. The van der Waals surface area contributed by atoms with Crippen molar-refractivity contribution in [2.75, 3.05) is 42.1 Å². The van der Waals surface area contributed by atoms with Crippen molar-refractivity contribution in [2.24, 2.45) is 0 Å². The average molecular weight is 896 g/mol. The maximum absolute atomic E-state index is 13.9. The topological polar surface area (TPSA) is 142 Å². The fourth-order valence-corrected chi connectivity index (χ4v) is 10.1. The predicted octanol–water partition coefficient (Wildman–Crippen LogP) is 9.11. The minimum absolute atomic E-state index is 0.0719. The number of rotatable bonds is 12. The Labute approximate surface area is 365 Å². The van der Waals surface area contributed by atoms with Crippen molar-refractivity contribution in [2.45, 2.75) is 41.4 Å². The molecule has 17 heteroatoms. The Morgan fingerprint density at radius 1 is 0.873 bits per heavy atom. The molecule has 1 N–H and O–H groups in total. The number of carbonyl (C=O) groups excluding carboxylic acids is 2. The molecule has 1 atom stereocenters. The SMILES string of the molecule is O=C(c1ccc2c(c1)CC[C@@H]1CN(Cc3ccccc3-c3cccc4ccccc34)CCN21)N(OC(=O)C(F)(F)F)S(=O)(=O)c1ccc(NCCSc2ccccc2)c([N+](=O)[O-])c1. The van der Waals surface area contributed by atoms with Crippen molar-refractivity contribution in [1.29, 1.82) is 0 Å². The first-order valence-electron chi connectivity index (χ1n) is 20.0. The maximum atomic E-state index is 13.9. The van der Waals surface area contributed by atoms with Gasteiger partial charge in [-0.2, -0.15) is 21.6 Å². The van der Waals surface area contributed by atoms with Crippen molar-refractivity contribution in [1.82, 2.24) is 9.37 Å². The first kappa shape index (κ1) is 43.2. The predicted molar refractivity (Wildman–Crippen MR) is 235 cm³/mol. The summed E-state index contributed by atoms with van der Waals surface area (Å²) in [4.78, 5) is 46.2. The van der Waals surface area contributed by atoms with Crippen LogP contribution in [0.5, 0.6) is 0 Å². The van der Waals surface area contributed by atoms with Gasteiger partial charge in [0.1, 0.15) is 5.69 Å². The van der Waals surface area contributed by atoms with Crippen LogP contribution < -0.4 is 10.2 Å². The average Bonchev–Trinajstić information content (AvgIpc) is 3.29. The third-order valence-corrected chi connectivity index (χ3v) is 13.7. The highest BCUT2D eigenvalue weighted by Crippen LogP contribution is 2.37. The van der Waals surface area contributed by atoms with E-state index in [2.05, 4.69) is 62.4 Å². The number of benzene rings is 6. The molecular formula is C46H40F3N5O7S2. The molecule has 8 rings (SSSR count). The highest BCUT2D eigenvalue weighted by Gasteiger charge is 2.47. The number of nitrogens with one attached hydrogen (secondary N) is 1. The molecule has 1 saturated heterocycles. The Kier molecular flexibility index (Phi) is 12.4. The van der Waals surface area contributed by atoms with Gasteiger partial charge < -0.3 is 15.1 Å². The number of hydrogen-bond donors (Lipinski definition) is 1. The number of fused-ring (bicyclic) bond motifs is 4. The first-order valence-corrected chi connectivity index (χ1v) is 22.5. The van der Waals surface area contributed by atoms with E-state index in [4.69, 9.17) is 0 Å². The number of nitro groups is 1. The van der Waals surface area contributed by atoms with Crippen LogP contribution in [-0.2, 0) is 32.6 Å². The number of amides is 1. The van der Waals surface area contributed by atoms with Crippen LogP contribution in [0.15, 0.2) is 143 Å². The molecule has 12 nitrogen and oxygen atoms in total. The van der Waals surface area contributed by atoms with Gasteiger partial charge in [-0.05, 0) is 92.8 Å². The number of aryl methyl sites for hydroxylation is 1. The summed E-state index contributed by atoms with van der Waals surface area (Å²) in [6.07, 6.45) is -4.54. The number of piperazine rings is 1. The zero-order valence-corrected chi connectivity index (χ0v) is 35.2. The van der Waals surface area contributed by atoms with Crippen LogP contribution in [0.1, 0.15) is 27.9 Å². The van der Waals surface area contributed by atoms with Crippen LogP contribution in [0.4, 0.5) is 30.2 Å². The number of carbonyl (C=O) groups is 2. The van der Waals surface area contributed by atoms with Crippen molar-refractivity contribution in [3.05, 3.63) is 160 Å². The lowest BCUT2D eigenvalue weighted by atomic mass is 9.91. The number of nitro benzene ring substituents is 1. The summed E-state index contributed by atoms with van der Waals surface area (Å²) in [5.74, 6) is -4.08. The molecule has 2 heterocycles. The highest BCUT2D eigenvalue weighted by molar-refractivity contribution is 7.99. The minimum atomic E-state index is -5.68.